The smallest absolute Gasteiger partial charge is 0.243 e. The SMILES string of the molecule is CC1(C)CN(S(=O)(=O)c2cccc(S(N)(=O)=O)c2)CCC1N. The van der Waals surface area contributed by atoms with E-state index >= 15 is 0 Å². The van der Waals surface area contributed by atoms with E-state index in [1.54, 1.807) is 0 Å². The van der Waals surface area contributed by atoms with Crippen molar-refractivity contribution in [1.82, 2.24) is 4.31 Å². The van der Waals surface area contributed by atoms with Crippen LogP contribution in [0.25, 0.3) is 0 Å². The molecule has 1 aromatic rings. The molecule has 124 valence electrons. The van der Waals surface area contributed by atoms with Crippen LogP contribution in [-0.2, 0) is 20.0 Å². The van der Waals surface area contributed by atoms with E-state index in [9.17, 15) is 16.8 Å². The van der Waals surface area contributed by atoms with Crippen molar-refractivity contribution in [1.29, 1.82) is 0 Å². The molecule has 1 unspecified atom stereocenters. The van der Waals surface area contributed by atoms with E-state index in [2.05, 4.69) is 0 Å². The Labute approximate surface area is 131 Å². The molecule has 4 N–H and O–H groups in total. The molecule has 22 heavy (non-hydrogen) atoms. The van der Waals surface area contributed by atoms with Gasteiger partial charge < -0.3 is 5.73 Å². The Balaban J connectivity index is 2.40. The topological polar surface area (TPSA) is 124 Å². The van der Waals surface area contributed by atoms with Crippen LogP contribution in [0.5, 0.6) is 0 Å². The highest BCUT2D eigenvalue weighted by molar-refractivity contribution is 7.90. The number of hydrogen-bond donors (Lipinski definition) is 2. The maximum Gasteiger partial charge on any atom is 0.243 e. The molecular formula is C13H21N3O4S2. The summed E-state index contributed by atoms with van der Waals surface area (Å²) in [5.41, 5.74) is 5.68. The first-order valence-corrected chi connectivity index (χ1v) is 9.82. The van der Waals surface area contributed by atoms with Crippen LogP contribution in [0.4, 0.5) is 0 Å². The summed E-state index contributed by atoms with van der Waals surface area (Å²) < 4.78 is 49.5. The summed E-state index contributed by atoms with van der Waals surface area (Å²) >= 11 is 0. The zero-order valence-electron chi connectivity index (χ0n) is 12.6. The number of rotatable bonds is 3. The second-order valence-corrected chi connectivity index (χ2v) is 9.74. The first-order valence-electron chi connectivity index (χ1n) is 6.83. The Morgan fingerprint density at radius 3 is 2.32 bits per heavy atom. The zero-order valence-corrected chi connectivity index (χ0v) is 14.2. The lowest BCUT2D eigenvalue weighted by Gasteiger charge is -2.41. The van der Waals surface area contributed by atoms with Gasteiger partial charge in [-0.25, -0.2) is 22.0 Å². The van der Waals surface area contributed by atoms with Gasteiger partial charge in [0, 0.05) is 19.1 Å². The van der Waals surface area contributed by atoms with Crippen molar-refractivity contribution in [3.8, 4) is 0 Å². The maximum atomic E-state index is 12.7. The van der Waals surface area contributed by atoms with Gasteiger partial charge in [-0.1, -0.05) is 19.9 Å². The molecule has 0 amide bonds. The fourth-order valence-electron chi connectivity index (χ4n) is 2.49. The molecule has 1 fully saturated rings. The number of nitrogens with two attached hydrogens (primary N) is 2. The van der Waals surface area contributed by atoms with Gasteiger partial charge in [0.15, 0.2) is 0 Å². The van der Waals surface area contributed by atoms with Crippen LogP contribution < -0.4 is 10.9 Å². The van der Waals surface area contributed by atoms with Crippen LogP contribution in [0, 0.1) is 5.41 Å². The number of piperidine rings is 1. The Bertz CT molecular complexity index is 772. The van der Waals surface area contributed by atoms with Gasteiger partial charge in [0.2, 0.25) is 20.0 Å². The average molecular weight is 347 g/mol. The molecule has 0 aromatic heterocycles. The van der Waals surface area contributed by atoms with Crippen LogP contribution in [0.3, 0.4) is 0 Å². The third-order valence-corrected chi connectivity index (χ3v) is 6.80. The summed E-state index contributed by atoms with van der Waals surface area (Å²) in [6.45, 7) is 4.43. The van der Waals surface area contributed by atoms with Gasteiger partial charge in [0.05, 0.1) is 9.79 Å². The molecule has 7 nitrogen and oxygen atoms in total. The standard InChI is InChI=1S/C13H21N3O4S2/c1-13(2)9-16(7-6-12(13)14)22(19,20)11-5-3-4-10(8-11)21(15,17)18/h3-5,8,12H,6-7,9,14H2,1-2H3,(H2,15,17,18). The fraction of sp³-hybridized carbons (Fsp3) is 0.538. The van der Waals surface area contributed by atoms with Crippen molar-refractivity contribution in [3.63, 3.8) is 0 Å². The first-order chi connectivity index (χ1) is 9.94. The number of benzene rings is 1. The minimum Gasteiger partial charge on any atom is -0.327 e. The van der Waals surface area contributed by atoms with Crippen LogP contribution >= 0.6 is 0 Å². The quantitative estimate of drug-likeness (QED) is 0.801. The van der Waals surface area contributed by atoms with E-state index in [1.165, 1.54) is 22.5 Å². The van der Waals surface area contributed by atoms with Gasteiger partial charge in [0.25, 0.3) is 0 Å². The van der Waals surface area contributed by atoms with E-state index in [4.69, 9.17) is 10.9 Å². The summed E-state index contributed by atoms with van der Waals surface area (Å²) in [4.78, 5) is -0.299. The summed E-state index contributed by atoms with van der Waals surface area (Å²) in [5.74, 6) is 0. The van der Waals surface area contributed by atoms with Crippen molar-refractivity contribution in [3.05, 3.63) is 24.3 Å². The third kappa shape index (κ3) is 3.33. The maximum absolute atomic E-state index is 12.7. The molecule has 1 atom stereocenters. The predicted octanol–water partition coefficient (Wildman–Crippen LogP) is 0.0819. The number of hydrogen-bond acceptors (Lipinski definition) is 5. The monoisotopic (exact) mass is 347 g/mol. The van der Waals surface area contributed by atoms with Crippen molar-refractivity contribution in [2.45, 2.75) is 36.1 Å². The van der Waals surface area contributed by atoms with Crippen molar-refractivity contribution in [2.75, 3.05) is 13.1 Å². The lowest BCUT2D eigenvalue weighted by molar-refractivity contribution is 0.155. The van der Waals surface area contributed by atoms with Crippen LogP contribution in [0.15, 0.2) is 34.1 Å². The summed E-state index contributed by atoms with van der Waals surface area (Å²) in [6, 6.07) is 5.02. The molecule has 0 bridgehead atoms. The number of primary sulfonamides is 1. The van der Waals surface area contributed by atoms with Crippen LogP contribution in [0.2, 0.25) is 0 Å². The van der Waals surface area contributed by atoms with Gasteiger partial charge in [-0.2, -0.15) is 4.31 Å². The molecule has 2 rings (SSSR count). The number of sulfonamides is 2. The minimum atomic E-state index is -3.95. The molecule has 1 aromatic carbocycles. The summed E-state index contributed by atoms with van der Waals surface area (Å²) in [5, 5.41) is 5.06. The molecular weight excluding hydrogens is 326 g/mol. The van der Waals surface area contributed by atoms with Gasteiger partial charge in [-0.05, 0) is 30.0 Å². The van der Waals surface area contributed by atoms with Crippen molar-refractivity contribution in [2.24, 2.45) is 16.3 Å². The molecule has 1 aliphatic rings. The Morgan fingerprint density at radius 1 is 1.18 bits per heavy atom. The molecule has 0 aliphatic carbocycles. The molecule has 1 heterocycles. The van der Waals surface area contributed by atoms with E-state index in [1.807, 2.05) is 13.8 Å². The predicted molar refractivity (Wildman–Crippen MR) is 82.9 cm³/mol. The van der Waals surface area contributed by atoms with Crippen molar-refractivity contribution >= 4 is 20.0 Å². The Hall–Kier alpha value is -1.00. The van der Waals surface area contributed by atoms with E-state index < -0.39 is 20.0 Å². The largest absolute Gasteiger partial charge is 0.327 e. The second kappa shape index (κ2) is 5.57. The Kier molecular flexibility index (Phi) is 4.39. The normalized spacial score (nSPS) is 23.4. The molecule has 1 aliphatic heterocycles. The van der Waals surface area contributed by atoms with Crippen molar-refractivity contribution < 1.29 is 16.8 Å². The highest BCUT2D eigenvalue weighted by Gasteiger charge is 2.38. The van der Waals surface area contributed by atoms with Gasteiger partial charge in [0.1, 0.15) is 0 Å². The van der Waals surface area contributed by atoms with Gasteiger partial charge >= 0.3 is 0 Å². The Morgan fingerprint density at radius 2 is 1.77 bits per heavy atom. The number of nitrogens with zero attached hydrogens (tertiary/aromatic N) is 1. The third-order valence-electron chi connectivity index (χ3n) is 4.05. The molecule has 0 spiro atoms. The van der Waals surface area contributed by atoms with E-state index in [0.29, 0.717) is 13.0 Å². The molecule has 9 heteroatoms. The van der Waals surface area contributed by atoms with Gasteiger partial charge in [-0.15, -0.1) is 0 Å². The summed E-state index contributed by atoms with van der Waals surface area (Å²) in [6.07, 6.45) is 0.557. The fourth-order valence-corrected chi connectivity index (χ4v) is 4.80. The van der Waals surface area contributed by atoms with Crippen LogP contribution in [-0.4, -0.2) is 40.3 Å². The molecule has 0 radical (unpaired) electrons. The molecule has 1 saturated heterocycles. The minimum absolute atomic E-state index is 0.0743. The highest BCUT2D eigenvalue weighted by Crippen LogP contribution is 2.31. The van der Waals surface area contributed by atoms with E-state index in [-0.39, 0.29) is 27.8 Å². The zero-order chi connectivity index (χ0) is 16.8. The summed E-state index contributed by atoms with van der Waals surface area (Å²) in [7, 11) is -7.73. The second-order valence-electron chi connectivity index (χ2n) is 6.24. The lowest BCUT2D eigenvalue weighted by atomic mass is 9.81. The van der Waals surface area contributed by atoms with Gasteiger partial charge in [-0.3, -0.25) is 0 Å². The molecule has 0 saturated carbocycles. The highest BCUT2D eigenvalue weighted by atomic mass is 32.2. The van der Waals surface area contributed by atoms with E-state index in [0.717, 1.165) is 6.07 Å². The lowest BCUT2D eigenvalue weighted by Crippen LogP contribution is -2.53. The first kappa shape index (κ1) is 17.4. The van der Waals surface area contributed by atoms with Crippen LogP contribution in [0.1, 0.15) is 20.3 Å². The average Bonchev–Trinajstić information content (AvgIpc) is 2.41.